The van der Waals surface area contributed by atoms with E-state index in [4.69, 9.17) is 10.5 Å². The highest BCUT2D eigenvalue weighted by atomic mass is 16.5. The van der Waals surface area contributed by atoms with Crippen LogP contribution in [0.1, 0.15) is 28.8 Å². The largest absolute Gasteiger partial charge is 0.487 e. The smallest absolute Gasteiger partial charge is 0.255 e. The summed E-state index contributed by atoms with van der Waals surface area (Å²) in [5, 5.41) is 6.56. The number of carbonyl (C=O) groups is 3. The maximum absolute atomic E-state index is 12.9. The summed E-state index contributed by atoms with van der Waals surface area (Å²) in [5.41, 5.74) is 9.76. The van der Waals surface area contributed by atoms with E-state index in [1.165, 1.54) is 4.90 Å². The van der Waals surface area contributed by atoms with Crippen LogP contribution in [-0.2, 0) is 16.1 Å². The van der Waals surface area contributed by atoms with Crippen molar-refractivity contribution in [3.8, 4) is 5.75 Å². The number of fused-ring (bicyclic) bond motifs is 2. The molecular weight excluding hydrogens is 422 g/mol. The summed E-state index contributed by atoms with van der Waals surface area (Å²) in [6.45, 7) is 0.373. The van der Waals surface area contributed by atoms with Gasteiger partial charge in [-0.05, 0) is 42.8 Å². The number of nitrogens with two attached hydrogens (primary N) is 1. The van der Waals surface area contributed by atoms with E-state index in [9.17, 15) is 14.4 Å². The van der Waals surface area contributed by atoms with Gasteiger partial charge in [0.25, 0.3) is 5.91 Å². The maximum atomic E-state index is 12.9. The number of hydrogen-bond acceptors (Lipinski definition) is 6. The summed E-state index contributed by atoms with van der Waals surface area (Å²) >= 11 is 0. The van der Waals surface area contributed by atoms with Gasteiger partial charge in [-0.15, -0.1) is 0 Å². The van der Waals surface area contributed by atoms with Crippen molar-refractivity contribution in [1.29, 1.82) is 0 Å². The van der Waals surface area contributed by atoms with Gasteiger partial charge in [0.05, 0.1) is 12.2 Å². The second-order valence-corrected chi connectivity index (χ2v) is 8.11. The minimum atomic E-state index is -0.665. The van der Waals surface area contributed by atoms with E-state index < -0.39 is 11.9 Å². The lowest BCUT2D eigenvalue weighted by atomic mass is 10.0. The molecule has 5 rings (SSSR count). The molecule has 0 aliphatic carbocycles. The van der Waals surface area contributed by atoms with Crippen molar-refractivity contribution in [2.45, 2.75) is 25.4 Å². The number of nitrogens with one attached hydrogen (secondary N) is 3. The molecule has 0 spiro atoms. The molecule has 168 valence electrons. The van der Waals surface area contributed by atoms with E-state index in [1.807, 2.05) is 30.5 Å². The quantitative estimate of drug-likeness (QED) is 0.431. The van der Waals surface area contributed by atoms with Crippen LogP contribution in [0.25, 0.3) is 10.9 Å². The summed E-state index contributed by atoms with van der Waals surface area (Å²) in [6, 6.07) is 12.5. The molecule has 9 heteroatoms. The Bertz CT molecular complexity index is 1300. The average molecular weight is 445 g/mol. The fourth-order valence-corrected chi connectivity index (χ4v) is 4.21. The monoisotopic (exact) mass is 445 g/mol. The SMILES string of the molecule is N/C(=C\Nc1ccc2[nH]ccc2c1)COc1cccc2c1CN(C1CCC(=O)NC1=O)C2=O. The molecule has 1 saturated heterocycles. The van der Waals surface area contributed by atoms with Gasteiger partial charge in [0.15, 0.2) is 0 Å². The second kappa shape index (κ2) is 8.34. The van der Waals surface area contributed by atoms with Crippen molar-refractivity contribution in [2.24, 2.45) is 5.73 Å². The highest BCUT2D eigenvalue weighted by Gasteiger charge is 2.40. The van der Waals surface area contributed by atoms with Gasteiger partial charge in [-0.2, -0.15) is 0 Å². The van der Waals surface area contributed by atoms with Crippen LogP contribution in [0.5, 0.6) is 5.75 Å². The van der Waals surface area contributed by atoms with E-state index in [1.54, 1.807) is 24.4 Å². The van der Waals surface area contributed by atoms with Gasteiger partial charge in [0.1, 0.15) is 18.4 Å². The predicted octanol–water partition coefficient (Wildman–Crippen LogP) is 2.22. The molecule has 3 heterocycles. The summed E-state index contributed by atoms with van der Waals surface area (Å²) < 4.78 is 5.91. The van der Waals surface area contributed by atoms with Gasteiger partial charge in [-0.3, -0.25) is 19.7 Å². The fourth-order valence-electron chi connectivity index (χ4n) is 4.21. The molecule has 2 aromatic carbocycles. The molecule has 1 atom stereocenters. The summed E-state index contributed by atoms with van der Waals surface area (Å²) in [7, 11) is 0. The number of imide groups is 1. The molecule has 1 unspecified atom stereocenters. The average Bonchev–Trinajstić information content (AvgIpc) is 3.41. The number of aromatic amines is 1. The summed E-state index contributed by atoms with van der Waals surface area (Å²) in [4.78, 5) is 41.2. The molecule has 2 aliphatic heterocycles. The van der Waals surface area contributed by atoms with Gasteiger partial charge < -0.3 is 25.7 Å². The highest BCUT2D eigenvalue weighted by molar-refractivity contribution is 6.05. The number of carbonyl (C=O) groups excluding carboxylic acids is 3. The van der Waals surface area contributed by atoms with E-state index in [-0.39, 0.29) is 31.4 Å². The first kappa shape index (κ1) is 20.6. The number of aromatic nitrogens is 1. The van der Waals surface area contributed by atoms with Gasteiger partial charge in [0, 0.05) is 46.5 Å². The Kier molecular flexibility index (Phi) is 5.21. The molecule has 2 aliphatic rings. The number of H-pyrrole nitrogens is 1. The van der Waals surface area contributed by atoms with Crippen molar-refractivity contribution in [3.63, 3.8) is 0 Å². The van der Waals surface area contributed by atoms with Crippen molar-refractivity contribution >= 4 is 34.3 Å². The molecule has 3 amide bonds. The number of hydrogen-bond donors (Lipinski definition) is 4. The first-order valence-electron chi connectivity index (χ1n) is 10.7. The number of nitrogens with zero attached hydrogens (tertiary/aromatic N) is 1. The zero-order chi connectivity index (χ0) is 22.9. The minimum absolute atomic E-state index is 0.127. The molecule has 1 aromatic heterocycles. The third kappa shape index (κ3) is 4.00. The van der Waals surface area contributed by atoms with Crippen LogP contribution in [0.15, 0.2) is 60.6 Å². The van der Waals surface area contributed by atoms with E-state index in [0.29, 0.717) is 29.0 Å². The molecule has 1 fully saturated rings. The lowest BCUT2D eigenvalue weighted by molar-refractivity contribution is -0.136. The maximum Gasteiger partial charge on any atom is 0.255 e. The van der Waals surface area contributed by atoms with Crippen LogP contribution >= 0.6 is 0 Å². The number of amides is 3. The molecule has 33 heavy (non-hydrogen) atoms. The van der Waals surface area contributed by atoms with Crippen LogP contribution in [0.2, 0.25) is 0 Å². The lowest BCUT2D eigenvalue weighted by Gasteiger charge is -2.29. The summed E-state index contributed by atoms with van der Waals surface area (Å²) in [5.74, 6) is -0.449. The van der Waals surface area contributed by atoms with Crippen LogP contribution in [0, 0.1) is 0 Å². The molecule has 0 radical (unpaired) electrons. The molecule has 9 nitrogen and oxygen atoms in total. The Morgan fingerprint density at radius 3 is 2.94 bits per heavy atom. The number of piperidine rings is 1. The Hall–Kier alpha value is -4.27. The van der Waals surface area contributed by atoms with Crippen LogP contribution in [-0.4, -0.2) is 40.3 Å². The molecule has 5 N–H and O–H groups in total. The molecule has 0 saturated carbocycles. The van der Waals surface area contributed by atoms with Crippen LogP contribution in [0.4, 0.5) is 5.69 Å². The second-order valence-electron chi connectivity index (χ2n) is 8.11. The van der Waals surface area contributed by atoms with Crippen LogP contribution in [0.3, 0.4) is 0 Å². The Balaban J connectivity index is 1.25. The number of benzene rings is 2. The van der Waals surface area contributed by atoms with Crippen molar-refractivity contribution in [2.75, 3.05) is 11.9 Å². The zero-order valence-electron chi connectivity index (χ0n) is 17.8. The van der Waals surface area contributed by atoms with Gasteiger partial charge in [0.2, 0.25) is 11.8 Å². The fraction of sp³-hybridized carbons (Fsp3) is 0.208. The minimum Gasteiger partial charge on any atom is -0.487 e. The van der Waals surface area contributed by atoms with E-state index >= 15 is 0 Å². The summed E-state index contributed by atoms with van der Waals surface area (Å²) in [6.07, 6.45) is 4.09. The van der Waals surface area contributed by atoms with Gasteiger partial charge >= 0.3 is 0 Å². The molecule has 0 bridgehead atoms. The van der Waals surface area contributed by atoms with Crippen molar-refractivity contribution in [1.82, 2.24) is 15.2 Å². The number of ether oxygens (including phenoxy) is 1. The first-order chi connectivity index (χ1) is 16.0. The molecule has 3 aromatic rings. The standard InChI is InChI=1S/C24H23N5O4/c25-15(11-27-16-4-5-19-14(10-16)8-9-26-19)13-33-21-3-1-2-17-18(21)12-29(24(17)32)20-6-7-22(30)28-23(20)31/h1-5,8-11,20,26-27H,6-7,12-13,25H2,(H,28,30,31)/b15-11-. The normalized spacial score (nSPS) is 18.4. The Morgan fingerprint density at radius 2 is 2.09 bits per heavy atom. The first-order valence-corrected chi connectivity index (χ1v) is 10.7. The van der Waals surface area contributed by atoms with E-state index in [0.717, 1.165) is 16.6 Å². The number of rotatable bonds is 6. The van der Waals surface area contributed by atoms with Gasteiger partial charge in [-0.25, -0.2) is 0 Å². The van der Waals surface area contributed by atoms with Crippen molar-refractivity contribution < 1.29 is 19.1 Å². The van der Waals surface area contributed by atoms with Crippen LogP contribution < -0.4 is 21.1 Å². The number of anilines is 1. The Labute approximate surface area is 189 Å². The Morgan fingerprint density at radius 1 is 1.21 bits per heavy atom. The van der Waals surface area contributed by atoms with Crippen molar-refractivity contribution in [3.05, 3.63) is 71.7 Å². The molecular formula is C24H23N5O4. The lowest BCUT2D eigenvalue weighted by Crippen LogP contribution is -2.52. The topological polar surface area (TPSA) is 130 Å². The predicted molar refractivity (Wildman–Crippen MR) is 122 cm³/mol. The highest BCUT2D eigenvalue weighted by Crippen LogP contribution is 2.33. The van der Waals surface area contributed by atoms with E-state index in [2.05, 4.69) is 15.6 Å². The third-order valence-electron chi connectivity index (χ3n) is 5.91. The van der Waals surface area contributed by atoms with Gasteiger partial charge in [-0.1, -0.05) is 6.07 Å². The zero-order valence-corrected chi connectivity index (χ0v) is 17.8. The third-order valence-corrected chi connectivity index (χ3v) is 5.91.